The smallest absolute Gasteiger partial charge is 0.223 e. The van der Waals surface area contributed by atoms with E-state index in [2.05, 4.69) is 26.0 Å². The molecule has 0 saturated heterocycles. The number of hydrogen-bond donors (Lipinski definition) is 0. The van der Waals surface area contributed by atoms with Crippen molar-refractivity contribution in [2.24, 2.45) is 0 Å². The van der Waals surface area contributed by atoms with Gasteiger partial charge in [-0.15, -0.1) is 0 Å². The van der Waals surface area contributed by atoms with Gasteiger partial charge in [-0.1, -0.05) is 56.7 Å². The highest BCUT2D eigenvalue weighted by Gasteiger charge is 2.33. The van der Waals surface area contributed by atoms with Crippen molar-refractivity contribution in [3.63, 3.8) is 0 Å². The van der Waals surface area contributed by atoms with Crippen LogP contribution in [0.5, 0.6) is 5.75 Å². The van der Waals surface area contributed by atoms with Gasteiger partial charge in [0.25, 0.3) is 0 Å². The van der Waals surface area contributed by atoms with Crippen LogP contribution >= 0.6 is 0 Å². The molecule has 4 heteroatoms. The standard InChI is InChI=1S/C22H29NO3/c1-4-7-8-21(23(24)25)22(18-11-9-17(5-2)10-12-18)19-13-15-20(16-14-19)26-6-3/h9-16,21-22H,4-8H2,1-3H3. The van der Waals surface area contributed by atoms with E-state index in [4.69, 9.17) is 4.74 Å². The van der Waals surface area contributed by atoms with Crippen LogP contribution in [0.25, 0.3) is 0 Å². The van der Waals surface area contributed by atoms with Crippen molar-refractivity contribution in [3.8, 4) is 5.75 Å². The fourth-order valence-corrected chi connectivity index (χ4v) is 3.34. The molecule has 0 amide bonds. The number of hydrogen-bond acceptors (Lipinski definition) is 3. The first-order chi connectivity index (χ1) is 12.6. The highest BCUT2D eigenvalue weighted by atomic mass is 16.6. The van der Waals surface area contributed by atoms with Gasteiger partial charge in [-0.05, 0) is 48.6 Å². The zero-order valence-electron chi connectivity index (χ0n) is 16.0. The second kappa shape index (κ2) is 9.95. The molecule has 0 aromatic heterocycles. The van der Waals surface area contributed by atoms with Crippen molar-refractivity contribution >= 4 is 0 Å². The van der Waals surface area contributed by atoms with E-state index in [1.165, 1.54) is 5.56 Å². The van der Waals surface area contributed by atoms with Gasteiger partial charge in [0.05, 0.1) is 12.5 Å². The van der Waals surface area contributed by atoms with E-state index in [-0.39, 0.29) is 10.8 Å². The van der Waals surface area contributed by atoms with E-state index in [1.54, 1.807) is 0 Å². The Bertz CT molecular complexity index is 680. The Morgan fingerprint density at radius 3 is 2.00 bits per heavy atom. The van der Waals surface area contributed by atoms with Crippen LogP contribution in [-0.4, -0.2) is 17.6 Å². The lowest BCUT2D eigenvalue weighted by Gasteiger charge is -2.22. The van der Waals surface area contributed by atoms with Crippen LogP contribution in [0.1, 0.15) is 62.6 Å². The van der Waals surface area contributed by atoms with Gasteiger partial charge in [0.1, 0.15) is 5.75 Å². The molecule has 0 radical (unpaired) electrons. The molecule has 0 fully saturated rings. The molecule has 2 atom stereocenters. The summed E-state index contributed by atoms with van der Waals surface area (Å²) in [6, 6.07) is 15.4. The van der Waals surface area contributed by atoms with Crippen LogP contribution in [0.3, 0.4) is 0 Å². The van der Waals surface area contributed by atoms with Gasteiger partial charge in [0.2, 0.25) is 6.04 Å². The van der Waals surface area contributed by atoms with Gasteiger partial charge < -0.3 is 4.74 Å². The molecule has 0 aliphatic heterocycles. The lowest BCUT2D eigenvalue weighted by molar-refractivity contribution is -0.526. The molecule has 0 bridgehead atoms. The number of rotatable bonds is 10. The summed E-state index contributed by atoms with van der Waals surface area (Å²) in [5, 5.41) is 11.9. The number of nitro groups is 1. The first kappa shape index (κ1) is 20.0. The summed E-state index contributed by atoms with van der Waals surface area (Å²) < 4.78 is 5.52. The van der Waals surface area contributed by atoms with Crippen LogP contribution < -0.4 is 4.74 Å². The minimum Gasteiger partial charge on any atom is -0.494 e. The maximum atomic E-state index is 11.9. The highest BCUT2D eigenvalue weighted by Crippen LogP contribution is 2.33. The third-order valence-corrected chi connectivity index (χ3v) is 4.81. The van der Waals surface area contributed by atoms with Crippen molar-refractivity contribution in [2.75, 3.05) is 6.61 Å². The van der Waals surface area contributed by atoms with Crippen molar-refractivity contribution in [1.82, 2.24) is 0 Å². The lowest BCUT2D eigenvalue weighted by atomic mass is 9.83. The average Bonchev–Trinajstić information content (AvgIpc) is 2.66. The normalized spacial score (nSPS) is 13.2. The Labute approximate surface area is 156 Å². The van der Waals surface area contributed by atoms with Crippen LogP contribution in [0.2, 0.25) is 0 Å². The predicted molar refractivity (Wildman–Crippen MR) is 106 cm³/mol. The quantitative estimate of drug-likeness (QED) is 0.411. The average molecular weight is 355 g/mol. The molecule has 2 aromatic carbocycles. The van der Waals surface area contributed by atoms with Crippen molar-refractivity contribution in [3.05, 3.63) is 75.3 Å². The van der Waals surface area contributed by atoms with E-state index in [1.807, 2.05) is 43.3 Å². The number of benzene rings is 2. The fraction of sp³-hybridized carbons (Fsp3) is 0.455. The molecule has 0 N–H and O–H groups in total. The summed E-state index contributed by atoms with van der Waals surface area (Å²) in [5.41, 5.74) is 3.21. The first-order valence-corrected chi connectivity index (χ1v) is 9.55. The fourth-order valence-electron chi connectivity index (χ4n) is 3.34. The molecule has 2 unspecified atom stereocenters. The van der Waals surface area contributed by atoms with Gasteiger partial charge in [-0.25, -0.2) is 0 Å². The zero-order chi connectivity index (χ0) is 18.9. The topological polar surface area (TPSA) is 52.4 Å². The highest BCUT2D eigenvalue weighted by molar-refractivity contribution is 5.38. The molecule has 140 valence electrons. The molecule has 2 rings (SSSR count). The number of aryl methyl sites for hydroxylation is 1. The van der Waals surface area contributed by atoms with Gasteiger partial charge in [0, 0.05) is 11.3 Å². The van der Waals surface area contributed by atoms with E-state index >= 15 is 0 Å². The predicted octanol–water partition coefficient (Wildman–Crippen LogP) is 5.62. The van der Waals surface area contributed by atoms with Gasteiger partial charge in [-0.3, -0.25) is 10.1 Å². The molecule has 26 heavy (non-hydrogen) atoms. The van der Waals surface area contributed by atoms with Crippen molar-refractivity contribution < 1.29 is 9.66 Å². The number of ether oxygens (including phenoxy) is 1. The molecule has 0 aliphatic rings. The Balaban J connectivity index is 2.43. The van der Waals surface area contributed by atoms with E-state index in [0.29, 0.717) is 13.0 Å². The lowest BCUT2D eigenvalue weighted by Crippen LogP contribution is -2.28. The molecular formula is C22H29NO3. The third kappa shape index (κ3) is 5.07. The SMILES string of the molecule is CCCCC(C(c1ccc(CC)cc1)c1ccc(OCC)cc1)[N+](=O)[O-]. The minimum absolute atomic E-state index is 0.107. The van der Waals surface area contributed by atoms with E-state index in [0.717, 1.165) is 36.1 Å². The van der Waals surface area contributed by atoms with Crippen molar-refractivity contribution in [2.45, 2.75) is 58.4 Å². The van der Waals surface area contributed by atoms with Crippen LogP contribution in [-0.2, 0) is 6.42 Å². The van der Waals surface area contributed by atoms with E-state index < -0.39 is 6.04 Å². The van der Waals surface area contributed by atoms with Crippen LogP contribution in [0.4, 0.5) is 0 Å². The minimum atomic E-state index is -0.625. The number of nitrogens with zero attached hydrogens (tertiary/aromatic N) is 1. The first-order valence-electron chi connectivity index (χ1n) is 9.55. The molecule has 0 spiro atoms. The maximum absolute atomic E-state index is 11.9. The monoisotopic (exact) mass is 355 g/mol. The molecular weight excluding hydrogens is 326 g/mol. The molecule has 0 aliphatic carbocycles. The summed E-state index contributed by atoms with van der Waals surface area (Å²) in [4.78, 5) is 11.8. The van der Waals surface area contributed by atoms with Crippen LogP contribution in [0.15, 0.2) is 48.5 Å². The Morgan fingerprint density at radius 1 is 0.962 bits per heavy atom. The molecule has 0 saturated carbocycles. The summed E-state index contributed by atoms with van der Waals surface area (Å²) in [7, 11) is 0. The summed E-state index contributed by atoms with van der Waals surface area (Å²) in [6.07, 6.45) is 3.35. The second-order valence-corrected chi connectivity index (χ2v) is 6.57. The summed E-state index contributed by atoms with van der Waals surface area (Å²) in [5.74, 6) is 0.542. The third-order valence-electron chi connectivity index (χ3n) is 4.81. The maximum Gasteiger partial charge on any atom is 0.223 e. The van der Waals surface area contributed by atoms with Crippen LogP contribution in [0, 0.1) is 10.1 Å². The summed E-state index contributed by atoms with van der Waals surface area (Å²) >= 11 is 0. The number of unbranched alkanes of at least 4 members (excludes halogenated alkanes) is 1. The van der Waals surface area contributed by atoms with Gasteiger partial charge >= 0.3 is 0 Å². The summed E-state index contributed by atoms with van der Waals surface area (Å²) in [6.45, 7) is 6.73. The van der Waals surface area contributed by atoms with Gasteiger partial charge in [-0.2, -0.15) is 0 Å². The van der Waals surface area contributed by atoms with E-state index in [9.17, 15) is 10.1 Å². The second-order valence-electron chi connectivity index (χ2n) is 6.57. The molecule has 4 nitrogen and oxygen atoms in total. The van der Waals surface area contributed by atoms with Gasteiger partial charge in [0.15, 0.2) is 0 Å². The Morgan fingerprint density at radius 2 is 1.54 bits per heavy atom. The zero-order valence-corrected chi connectivity index (χ0v) is 16.0. The molecule has 0 heterocycles. The largest absolute Gasteiger partial charge is 0.494 e. The Kier molecular flexibility index (Phi) is 7.64. The Hall–Kier alpha value is -2.36. The molecule has 2 aromatic rings. The van der Waals surface area contributed by atoms with Crippen molar-refractivity contribution in [1.29, 1.82) is 0 Å².